The van der Waals surface area contributed by atoms with Crippen LogP contribution < -0.4 is 10.6 Å². The predicted molar refractivity (Wildman–Crippen MR) is 87.3 cm³/mol. The Hall–Kier alpha value is -2.21. The van der Waals surface area contributed by atoms with E-state index in [1.165, 1.54) is 24.3 Å². The zero-order chi connectivity index (χ0) is 17.1. The summed E-state index contributed by atoms with van der Waals surface area (Å²) in [6.45, 7) is 2.61. The van der Waals surface area contributed by atoms with Gasteiger partial charge in [-0.05, 0) is 43.0 Å². The van der Waals surface area contributed by atoms with E-state index < -0.39 is 5.91 Å². The molecule has 0 heterocycles. The number of carbonyl (C=O) groups excluding carboxylic acids is 2. The molecule has 0 saturated heterocycles. The molecule has 1 atom stereocenters. The molecule has 0 saturated carbocycles. The Bertz CT molecular complexity index is 523. The van der Waals surface area contributed by atoms with Crippen LogP contribution in [0.15, 0.2) is 36.4 Å². The second kappa shape index (κ2) is 10.5. The van der Waals surface area contributed by atoms with Gasteiger partial charge in [0.05, 0.1) is 0 Å². The van der Waals surface area contributed by atoms with Crippen LogP contribution in [-0.2, 0) is 9.59 Å². The monoisotopic (exact) mass is 322 g/mol. The van der Waals surface area contributed by atoms with E-state index in [2.05, 4.69) is 10.6 Å². The first-order chi connectivity index (χ1) is 11.0. The summed E-state index contributed by atoms with van der Waals surface area (Å²) in [5, 5.41) is 14.2. The van der Waals surface area contributed by atoms with Crippen molar-refractivity contribution < 1.29 is 19.1 Å². The van der Waals surface area contributed by atoms with Crippen LogP contribution in [0.2, 0.25) is 0 Å². The second-order valence-corrected chi connectivity index (χ2v) is 5.24. The number of nitrogens with one attached hydrogen (secondary N) is 2. The Morgan fingerprint density at radius 3 is 2.43 bits per heavy atom. The van der Waals surface area contributed by atoms with E-state index in [-0.39, 0.29) is 24.2 Å². The average Bonchev–Trinajstić information content (AvgIpc) is 2.53. The van der Waals surface area contributed by atoms with E-state index >= 15 is 0 Å². The van der Waals surface area contributed by atoms with Crippen LogP contribution in [0.5, 0.6) is 0 Å². The fourth-order valence-corrected chi connectivity index (χ4v) is 2.11. The highest BCUT2D eigenvalue weighted by atomic mass is 19.1. The molecule has 6 heteroatoms. The third-order valence-electron chi connectivity index (χ3n) is 3.30. The van der Waals surface area contributed by atoms with Crippen molar-refractivity contribution in [2.45, 2.75) is 26.2 Å². The molecule has 1 aromatic rings. The lowest BCUT2D eigenvalue weighted by Gasteiger charge is -2.14. The minimum atomic E-state index is -0.466. The van der Waals surface area contributed by atoms with Crippen molar-refractivity contribution in [2.24, 2.45) is 5.92 Å². The van der Waals surface area contributed by atoms with Gasteiger partial charge in [-0.3, -0.25) is 9.59 Å². The second-order valence-electron chi connectivity index (χ2n) is 5.24. The molecule has 1 rings (SSSR count). The largest absolute Gasteiger partial charge is 0.396 e. The van der Waals surface area contributed by atoms with Gasteiger partial charge in [0.15, 0.2) is 0 Å². The zero-order valence-corrected chi connectivity index (χ0v) is 13.2. The standard InChI is InChI=1S/C17H23FN2O3/c1-2-3-13(10-11-21)12-19-16(22)8-9-17(23)20-15-6-4-14(18)5-7-15/h4-9,13,21H,2-3,10-12H2,1H3,(H,19,22)(H,20,23)/b9-8+. The van der Waals surface area contributed by atoms with Crippen LogP contribution >= 0.6 is 0 Å². The van der Waals surface area contributed by atoms with Gasteiger partial charge >= 0.3 is 0 Å². The summed E-state index contributed by atoms with van der Waals surface area (Å²) in [6.07, 6.45) is 4.83. The van der Waals surface area contributed by atoms with Gasteiger partial charge in [0.2, 0.25) is 11.8 Å². The van der Waals surface area contributed by atoms with Crippen molar-refractivity contribution in [1.82, 2.24) is 5.32 Å². The number of hydrogen-bond donors (Lipinski definition) is 3. The van der Waals surface area contributed by atoms with Gasteiger partial charge in [0.25, 0.3) is 0 Å². The lowest BCUT2D eigenvalue weighted by atomic mass is 10.0. The Morgan fingerprint density at radius 1 is 1.17 bits per heavy atom. The van der Waals surface area contributed by atoms with Crippen LogP contribution in [0.25, 0.3) is 0 Å². The molecule has 23 heavy (non-hydrogen) atoms. The zero-order valence-electron chi connectivity index (χ0n) is 13.2. The summed E-state index contributed by atoms with van der Waals surface area (Å²) < 4.78 is 12.7. The number of benzene rings is 1. The minimum absolute atomic E-state index is 0.0937. The highest BCUT2D eigenvalue weighted by Crippen LogP contribution is 2.09. The first kappa shape index (κ1) is 18.8. The smallest absolute Gasteiger partial charge is 0.248 e. The predicted octanol–water partition coefficient (Wildman–Crippen LogP) is 2.24. The molecule has 0 aliphatic carbocycles. The molecule has 0 fully saturated rings. The van der Waals surface area contributed by atoms with Gasteiger partial charge < -0.3 is 15.7 Å². The summed E-state index contributed by atoms with van der Waals surface area (Å²) in [5.41, 5.74) is 0.451. The van der Waals surface area contributed by atoms with E-state index in [1.54, 1.807) is 0 Å². The van der Waals surface area contributed by atoms with Crippen LogP contribution in [0.3, 0.4) is 0 Å². The molecule has 0 aromatic heterocycles. The van der Waals surface area contributed by atoms with E-state index in [0.29, 0.717) is 18.7 Å². The Morgan fingerprint density at radius 2 is 1.83 bits per heavy atom. The summed E-state index contributed by atoms with van der Waals surface area (Å²) in [7, 11) is 0. The number of anilines is 1. The molecular weight excluding hydrogens is 299 g/mol. The van der Waals surface area contributed by atoms with Crippen LogP contribution in [0, 0.1) is 11.7 Å². The molecule has 0 spiro atoms. The number of rotatable bonds is 9. The highest BCUT2D eigenvalue weighted by Gasteiger charge is 2.08. The summed E-state index contributed by atoms with van der Waals surface area (Å²) in [4.78, 5) is 23.3. The van der Waals surface area contributed by atoms with Crippen LogP contribution in [0.4, 0.5) is 10.1 Å². The first-order valence-electron chi connectivity index (χ1n) is 7.68. The summed E-state index contributed by atoms with van der Waals surface area (Å²) in [6, 6.07) is 5.35. The quantitative estimate of drug-likeness (QED) is 0.610. The van der Waals surface area contributed by atoms with Gasteiger partial charge in [0.1, 0.15) is 5.82 Å². The normalized spacial score (nSPS) is 12.1. The van der Waals surface area contributed by atoms with Gasteiger partial charge in [-0.2, -0.15) is 0 Å². The molecule has 3 N–H and O–H groups in total. The van der Waals surface area contributed by atoms with Gasteiger partial charge in [-0.1, -0.05) is 13.3 Å². The third-order valence-corrected chi connectivity index (χ3v) is 3.30. The molecule has 126 valence electrons. The molecule has 0 radical (unpaired) electrons. The molecule has 1 aromatic carbocycles. The summed E-state index contributed by atoms with van der Waals surface area (Å²) in [5.74, 6) is -0.983. The minimum Gasteiger partial charge on any atom is -0.396 e. The fourth-order valence-electron chi connectivity index (χ4n) is 2.11. The molecule has 2 amide bonds. The molecule has 1 unspecified atom stereocenters. The first-order valence-corrected chi connectivity index (χ1v) is 7.68. The maximum Gasteiger partial charge on any atom is 0.248 e. The number of aliphatic hydroxyl groups is 1. The lowest BCUT2D eigenvalue weighted by molar-refractivity contribution is -0.117. The Labute approximate surface area is 135 Å². The summed E-state index contributed by atoms with van der Waals surface area (Å²) >= 11 is 0. The van der Waals surface area contributed by atoms with E-state index in [1.807, 2.05) is 6.92 Å². The molecule has 0 aliphatic rings. The number of hydrogen-bond acceptors (Lipinski definition) is 3. The maximum absolute atomic E-state index is 12.7. The van der Waals surface area contributed by atoms with Crippen molar-refractivity contribution in [3.63, 3.8) is 0 Å². The van der Waals surface area contributed by atoms with Crippen LogP contribution in [0.1, 0.15) is 26.2 Å². The van der Waals surface area contributed by atoms with Gasteiger partial charge in [-0.15, -0.1) is 0 Å². The van der Waals surface area contributed by atoms with Crippen LogP contribution in [-0.4, -0.2) is 30.1 Å². The SMILES string of the molecule is CCCC(CCO)CNC(=O)/C=C/C(=O)Nc1ccc(F)cc1. The number of amides is 2. The lowest BCUT2D eigenvalue weighted by Crippen LogP contribution is -2.28. The Balaban J connectivity index is 2.38. The number of carbonyl (C=O) groups is 2. The van der Waals surface area contributed by atoms with Crippen molar-refractivity contribution in [1.29, 1.82) is 0 Å². The topological polar surface area (TPSA) is 78.4 Å². The highest BCUT2D eigenvalue weighted by molar-refractivity contribution is 6.03. The van der Waals surface area contributed by atoms with E-state index in [0.717, 1.165) is 25.0 Å². The van der Waals surface area contributed by atoms with Gasteiger partial charge in [0, 0.05) is 31.0 Å². The fraction of sp³-hybridized carbons (Fsp3) is 0.412. The molecule has 5 nitrogen and oxygen atoms in total. The maximum atomic E-state index is 12.7. The average molecular weight is 322 g/mol. The van der Waals surface area contributed by atoms with Crippen molar-refractivity contribution in [3.8, 4) is 0 Å². The number of halogens is 1. The molecule has 0 bridgehead atoms. The Kier molecular flexibility index (Phi) is 8.60. The van der Waals surface area contributed by atoms with Gasteiger partial charge in [-0.25, -0.2) is 4.39 Å². The van der Waals surface area contributed by atoms with Crippen molar-refractivity contribution >= 4 is 17.5 Å². The van der Waals surface area contributed by atoms with Crippen molar-refractivity contribution in [2.75, 3.05) is 18.5 Å². The van der Waals surface area contributed by atoms with Crippen molar-refractivity contribution in [3.05, 3.63) is 42.2 Å². The molecular formula is C17H23FN2O3. The molecule has 0 aliphatic heterocycles. The number of aliphatic hydroxyl groups excluding tert-OH is 1. The van der Waals surface area contributed by atoms with E-state index in [4.69, 9.17) is 5.11 Å². The third kappa shape index (κ3) is 8.11. The van der Waals surface area contributed by atoms with E-state index in [9.17, 15) is 14.0 Å².